The maximum absolute atomic E-state index is 5.23. The SMILES string of the molecule is NCCCCNP. The molecule has 1 unspecified atom stereocenters. The summed E-state index contributed by atoms with van der Waals surface area (Å²) < 4.78 is 0. The van der Waals surface area contributed by atoms with Gasteiger partial charge in [0.05, 0.1) is 0 Å². The molecule has 0 amide bonds. The molecule has 0 radical (unpaired) electrons. The minimum Gasteiger partial charge on any atom is -0.330 e. The van der Waals surface area contributed by atoms with Crippen LogP contribution in [-0.2, 0) is 0 Å². The van der Waals surface area contributed by atoms with Gasteiger partial charge in [0.1, 0.15) is 0 Å². The number of unbranched alkanes of at least 4 members (excludes halogenated alkanes) is 1. The highest BCUT2D eigenvalue weighted by Crippen LogP contribution is 1.82. The van der Waals surface area contributed by atoms with Gasteiger partial charge in [0.15, 0.2) is 0 Å². The molecule has 44 valence electrons. The van der Waals surface area contributed by atoms with E-state index in [1.165, 1.54) is 6.42 Å². The predicted octanol–water partition coefficient (Wildman–Crippen LogP) is 0.105. The fourth-order valence-electron chi connectivity index (χ4n) is 0.371. The summed E-state index contributed by atoms with van der Waals surface area (Å²) in [6.07, 6.45) is 2.31. The lowest BCUT2D eigenvalue weighted by Gasteiger charge is -1.93. The lowest BCUT2D eigenvalue weighted by molar-refractivity contribution is 0.733. The van der Waals surface area contributed by atoms with Crippen LogP contribution in [0, 0.1) is 0 Å². The Balaban J connectivity index is 2.45. The quantitative estimate of drug-likeness (QED) is 0.408. The van der Waals surface area contributed by atoms with Gasteiger partial charge in [-0.1, -0.05) is 9.39 Å². The zero-order chi connectivity index (χ0) is 5.54. The van der Waals surface area contributed by atoms with Crippen molar-refractivity contribution in [2.45, 2.75) is 12.8 Å². The summed E-state index contributed by atoms with van der Waals surface area (Å²) in [5, 5.41) is 2.96. The third-order valence-electron chi connectivity index (χ3n) is 0.775. The van der Waals surface area contributed by atoms with Gasteiger partial charge in [-0.25, -0.2) is 0 Å². The van der Waals surface area contributed by atoms with Crippen molar-refractivity contribution in [3.05, 3.63) is 0 Å². The van der Waals surface area contributed by atoms with Crippen molar-refractivity contribution < 1.29 is 0 Å². The summed E-state index contributed by atoms with van der Waals surface area (Å²) in [6.45, 7) is 1.87. The average Bonchev–Trinajstić information content (AvgIpc) is 1.69. The van der Waals surface area contributed by atoms with Crippen molar-refractivity contribution in [3.63, 3.8) is 0 Å². The Hall–Kier alpha value is 0.350. The topological polar surface area (TPSA) is 38.0 Å². The first kappa shape index (κ1) is 7.35. The molecule has 3 N–H and O–H groups in total. The highest BCUT2D eigenvalue weighted by atomic mass is 31.0. The minimum absolute atomic E-state index is 0.812. The summed E-state index contributed by atoms with van der Waals surface area (Å²) in [5.74, 6) is 0. The molecule has 0 saturated carbocycles. The molecule has 7 heavy (non-hydrogen) atoms. The molecule has 0 aromatic carbocycles. The van der Waals surface area contributed by atoms with E-state index in [2.05, 4.69) is 14.5 Å². The summed E-state index contributed by atoms with van der Waals surface area (Å²) in [6, 6.07) is 0. The van der Waals surface area contributed by atoms with Crippen molar-refractivity contribution in [1.82, 2.24) is 5.09 Å². The average molecular weight is 120 g/mol. The smallest absolute Gasteiger partial charge is 0.00140 e. The minimum atomic E-state index is 0.812. The van der Waals surface area contributed by atoms with E-state index >= 15 is 0 Å². The molecule has 3 heteroatoms. The Labute approximate surface area is 47.1 Å². The molecule has 0 aliphatic carbocycles. The van der Waals surface area contributed by atoms with Gasteiger partial charge in [-0.3, -0.25) is 0 Å². The molecule has 1 atom stereocenters. The van der Waals surface area contributed by atoms with E-state index in [1.807, 2.05) is 0 Å². The number of hydrogen-bond acceptors (Lipinski definition) is 2. The highest BCUT2D eigenvalue weighted by Gasteiger charge is 1.79. The molecule has 0 fully saturated rings. The molecule has 0 heterocycles. The Morgan fingerprint density at radius 2 is 2.14 bits per heavy atom. The fourth-order valence-corrected chi connectivity index (χ4v) is 0.576. The Kier molecular flexibility index (Phi) is 6.67. The Morgan fingerprint density at radius 1 is 1.43 bits per heavy atom. The van der Waals surface area contributed by atoms with E-state index in [-0.39, 0.29) is 0 Å². The first-order chi connectivity index (χ1) is 3.41. The van der Waals surface area contributed by atoms with Crippen LogP contribution in [0.2, 0.25) is 0 Å². The van der Waals surface area contributed by atoms with Crippen LogP contribution in [0.5, 0.6) is 0 Å². The second-order valence-electron chi connectivity index (χ2n) is 1.45. The molecule has 0 aromatic rings. The van der Waals surface area contributed by atoms with Gasteiger partial charge < -0.3 is 10.8 Å². The van der Waals surface area contributed by atoms with Gasteiger partial charge in [-0.15, -0.1) is 0 Å². The summed E-state index contributed by atoms with van der Waals surface area (Å²) in [4.78, 5) is 0. The Bertz CT molecular complexity index is 28.9. The second-order valence-corrected chi connectivity index (χ2v) is 1.86. The van der Waals surface area contributed by atoms with Crippen molar-refractivity contribution in [2.24, 2.45) is 5.73 Å². The molecule has 0 aliphatic rings. The van der Waals surface area contributed by atoms with Crippen LogP contribution in [0.15, 0.2) is 0 Å². The van der Waals surface area contributed by atoms with E-state index in [9.17, 15) is 0 Å². The van der Waals surface area contributed by atoms with Crippen molar-refractivity contribution in [2.75, 3.05) is 13.1 Å². The van der Waals surface area contributed by atoms with Gasteiger partial charge in [-0.2, -0.15) is 0 Å². The summed E-state index contributed by atoms with van der Waals surface area (Å²) in [5.41, 5.74) is 5.23. The standard InChI is InChI=1S/C4H13N2P/c5-3-1-2-4-6-7/h6H,1-5,7H2. The van der Waals surface area contributed by atoms with E-state index in [0.717, 1.165) is 19.5 Å². The van der Waals surface area contributed by atoms with E-state index < -0.39 is 0 Å². The number of nitrogens with one attached hydrogen (secondary N) is 1. The van der Waals surface area contributed by atoms with Crippen molar-refractivity contribution >= 4 is 9.39 Å². The summed E-state index contributed by atoms with van der Waals surface area (Å²) >= 11 is 0. The van der Waals surface area contributed by atoms with Crippen molar-refractivity contribution in [1.29, 1.82) is 0 Å². The lowest BCUT2D eigenvalue weighted by Crippen LogP contribution is -2.04. The van der Waals surface area contributed by atoms with Crippen LogP contribution in [0.4, 0.5) is 0 Å². The molecule has 0 spiro atoms. The second kappa shape index (κ2) is 6.35. The Morgan fingerprint density at radius 3 is 2.57 bits per heavy atom. The molecule has 2 nitrogen and oxygen atoms in total. The fraction of sp³-hybridized carbons (Fsp3) is 1.00. The maximum atomic E-state index is 5.23. The molecule has 0 rings (SSSR count). The third kappa shape index (κ3) is 6.35. The monoisotopic (exact) mass is 120 g/mol. The molecule has 0 aliphatic heterocycles. The number of nitrogens with two attached hydrogens (primary N) is 1. The summed E-state index contributed by atoms with van der Waals surface area (Å²) in [7, 11) is 2.46. The van der Waals surface area contributed by atoms with Gasteiger partial charge >= 0.3 is 0 Å². The van der Waals surface area contributed by atoms with Gasteiger partial charge in [0.25, 0.3) is 0 Å². The van der Waals surface area contributed by atoms with Crippen LogP contribution < -0.4 is 10.8 Å². The zero-order valence-corrected chi connectivity index (χ0v) is 5.64. The first-order valence-electron chi connectivity index (χ1n) is 2.55. The maximum Gasteiger partial charge on any atom is -0.00140 e. The lowest BCUT2D eigenvalue weighted by atomic mass is 10.3. The van der Waals surface area contributed by atoms with E-state index in [4.69, 9.17) is 5.73 Å². The largest absolute Gasteiger partial charge is 0.330 e. The highest BCUT2D eigenvalue weighted by molar-refractivity contribution is 7.13. The first-order valence-corrected chi connectivity index (χ1v) is 3.13. The zero-order valence-electron chi connectivity index (χ0n) is 4.48. The molecular formula is C4H13N2P. The number of rotatable bonds is 4. The number of hydrogen-bond donors (Lipinski definition) is 2. The van der Waals surface area contributed by atoms with E-state index in [0.29, 0.717) is 0 Å². The van der Waals surface area contributed by atoms with Gasteiger partial charge in [0.2, 0.25) is 0 Å². The van der Waals surface area contributed by atoms with Crippen LogP contribution in [-0.4, -0.2) is 13.1 Å². The molecular weight excluding hydrogens is 107 g/mol. The van der Waals surface area contributed by atoms with Gasteiger partial charge in [-0.05, 0) is 25.9 Å². The third-order valence-corrected chi connectivity index (χ3v) is 1.06. The normalized spacial score (nSPS) is 9.43. The molecule has 0 bridgehead atoms. The van der Waals surface area contributed by atoms with Gasteiger partial charge in [0, 0.05) is 0 Å². The van der Waals surface area contributed by atoms with Crippen LogP contribution in [0.1, 0.15) is 12.8 Å². The van der Waals surface area contributed by atoms with Crippen molar-refractivity contribution in [3.8, 4) is 0 Å². The van der Waals surface area contributed by atoms with Crippen LogP contribution in [0.25, 0.3) is 0 Å². The van der Waals surface area contributed by atoms with E-state index in [1.54, 1.807) is 0 Å². The van der Waals surface area contributed by atoms with Crippen LogP contribution in [0.3, 0.4) is 0 Å². The molecule has 0 saturated heterocycles. The molecule has 0 aromatic heterocycles. The van der Waals surface area contributed by atoms with Crippen LogP contribution >= 0.6 is 9.39 Å². The predicted molar refractivity (Wildman–Crippen MR) is 36.0 cm³/mol.